The van der Waals surface area contributed by atoms with E-state index in [4.69, 9.17) is 9.52 Å². The topological polar surface area (TPSA) is 64.9 Å². The highest BCUT2D eigenvalue weighted by molar-refractivity contribution is 4.95. The highest BCUT2D eigenvalue weighted by atomic mass is 16.4. The van der Waals surface area contributed by atoms with Gasteiger partial charge in [-0.2, -0.15) is 0 Å². The van der Waals surface area contributed by atoms with Gasteiger partial charge in [0.25, 0.3) is 0 Å². The summed E-state index contributed by atoms with van der Waals surface area (Å²) in [5.74, 6) is 0.611. The van der Waals surface area contributed by atoms with Gasteiger partial charge in [0.1, 0.15) is 12.4 Å². The van der Waals surface area contributed by atoms with E-state index in [9.17, 15) is 0 Å². The van der Waals surface area contributed by atoms with Crippen molar-refractivity contribution in [2.24, 2.45) is 0 Å². The first kappa shape index (κ1) is 7.20. The predicted octanol–water partition coefficient (Wildman–Crippen LogP) is -0.0528. The molecule has 3 N–H and O–H groups in total. The summed E-state index contributed by atoms with van der Waals surface area (Å²) in [6, 6.07) is 3.46. The molecule has 1 aromatic rings. The van der Waals surface area contributed by atoms with Crippen LogP contribution in [0, 0.1) is 0 Å². The second-order valence-electron chi connectivity index (χ2n) is 1.24. The highest BCUT2D eigenvalue weighted by Crippen LogP contribution is 1.96. The van der Waals surface area contributed by atoms with Crippen molar-refractivity contribution in [3.63, 3.8) is 0 Å². The molecule has 0 aliphatic heterocycles. The predicted molar refractivity (Wildman–Crippen MR) is 28.2 cm³/mol. The first-order chi connectivity index (χ1) is 3.43. The van der Waals surface area contributed by atoms with E-state index in [0.717, 1.165) is 0 Å². The molecule has 0 saturated heterocycles. The third-order valence-corrected chi connectivity index (χ3v) is 0.736. The molecule has 0 saturated carbocycles. The first-order valence-corrected chi connectivity index (χ1v) is 2.06. The van der Waals surface area contributed by atoms with Gasteiger partial charge in [-0.3, -0.25) is 0 Å². The van der Waals surface area contributed by atoms with Crippen LogP contribution in [-0.2, 0) is 6.61 Å². The molecular weight excluding hydrogens is 108 g/mol. The zero-order valence-electron chi connectivity index (χ0n) is 4.29. The van der Waals surface area contributed by atoms with Gasteiger partial charge in [0.05, 0.1) is 6.26 Å². The van der Waals surface area contributed by atoms with Crippen LogP contribution >= 0.6 is 0 Å². The Kier molecular flexibility index (Phi) is 2.91. The molecule has 3 heteroatoms. The smallest absolute Gasteiger partial charge is 0.129 e. The average molecular weight is 116 g/mol. The molecule has 0 fully saturated rings. The van der Waals surface area contributed by atoms with Crippen LogP contribution in [0.15, 0.2) is 22.8 Å². The molecule has 8 heavy (non-hydrogen) atoms. The van der Waals surface area contributed by atoms with Crippen LogP contribution in [0.1, 0.15) is 5.76 Å². The molecule has 0 bridgehead atoms. The fourth-order valence-electron chi connectivity index (χ4n) is 0.403. The van der Waals surface area contributed by atoms with E-state index in [2.05, 4.69) is 0 Å². The molecule has 46 valence electrons. The molecule has 1 rings (SSSR count). The molecule has 3 nitrogen and oxygen atoms in total. The Hall–Kier alpha value is -0.800. The van der Waals surface area contributed by atoms with Gasteiger partial charge in [-0.05, 0) is 12.1 Å². The third kappa shape index (κ3) is 1.36. The van der Waals surface area contributed by atoms with Gasteiger partial charge in [0.15, 0.2) is 0 Å². The zero-order chi connectivity index (χ0) is 5.11. The minimum atomic E-state index is -0.00694. The summed E-state index contributed by atoms with van der Waals surface area (Å²) in [7, 11) is 0. The van der Waals surface area contributed by atoms with E-state index < -0.39 is 0 Å². The minimum Gasteiger partial charge on any atom is -0.467 e. The van der Waals surface area contributed by atoms with Gasteiger partial charge in [-0.1, -0.05) is 0 Å². The molecule has 0 aliphatic rings. The van der Waals surface area contributed by atoms with Crippen molar-refractivity contribution < 1.29 is 15.0 Å². The van der Waals surface area contributed by atoms with E-state index in [-0.39, 0.29) is 12.1 Å². The fourth-order valence-corrected chi connectivity index (χ4v) is 0.403. The Balaban J connectivity index is 0.000000490. The van der Waals surface area contributed by atoms with Crippen molar-refractivity contribution in [2.75, 3.05) is 0 Å². The van der Waals surface area contributed by atoms with Gasteiger partial charge in [0.2, 0.25) is 0 Å². The van der Waals surface area contributed by atoms with Crippen LogP contribution in [0.3, 0.4) is 0 Å². The van der Waals surface area contributed by atoms with E-state index in [1.807, 2.05) is 0 Å². The van der Waals surface area contributed by atoms with Crippen molar-refractivity contribution in [1.82, 2.24) is 0 Å². The van der Waals surface area contributed by atoms with Crippen molar-refractivity contribution in [2.45, 2.75) is 6.61 Å². The Bertz CT molecular complexity index is 122. The standard InChI is InChI=1S/C5H6O2.H2O/c6-4-5-2-1-3-7-5;/h1-3,6H,4H2;1H2. The largest absolute Gasteiger partial charge is 0.467 e. The molecule has 0 aliphatic carbocycles. The Labute approximate surface area is 46.9 Å². The lowest BCUT2D eigenvalue weighted by molar-refractivity contribution is 0.247. The summed E-state index contributed by atoms with van der Waals surface area (Å²) >= 11 is 0. The van der Waals surface area contributed by atoms with Gasteiger partial charge < -0.3 is 15.0 Å². The van der Waals surface area contributed by atoms with Gasteiger partial charge >= 0.3 is 0 Å². The number of aliphatic hydroxyl groups excluding tert-OH is 1. The van der Waals surface area contributed by atoms with E-state index >= 15 is 0 Å². The Morgan fingerprint density at radius 1 is 1.62 bits per heavy atom. The van der Waals surface area contributed by atoms with Crippen LogP contribution < -0.4 is 0 Å². The summed E-state index contributed by atoms with van der Waals surface area (Å²) in [5.41, 5.74) is 0. The van der Waals surface area contributed by atoms with Crippen LogP contribution in [0.5, 0.6) is 0 Å². The lowest BCUT2D eigenvalue weighted by Gasteiger charge is -1.79. The van der Waals surface area contributed by atoms with Gasteiger partial charge in [0, 0.05) is 0 Å². The van der Waals surface area contributed by atoms with Crippen molar-refractivity contribution in [1.29, 1.82) is 0 Å². The molecule has 1 aromatic heterocycles. The SMILES string of the molecule is O.OCc1ccco1. The molecular formula is C5H8O3. The van der Waals surface area contributed by atoms with Gasteiger partial charge in [-0.25, -0.2) is 0 Å². The van der Waals surface area contributed by atoms with Crippen molar-refractivity contribution >= 4 is 0 Å². The summed E-state index contributed by atoms with van der Waals surface area (Å²) in [6.07, 6.45) is 1.53. The average Bonchev–Trinajstić information content (AvgIpc) is 2.14. The van der Waals surface area contributed by atoms with Crippen LogP contribution in [0.2, 0.25) is 0 Å². The summed E-state index contributed by atoms with van der Waals surface area (Å²) < 4.78 is 4.73. The van der Waals surface area contributed by atoms with Crippen LogP contribution in [0.4, 0.5) is 0 Å². The number of hydrogen-bond donors (Lipinski definition) is 1. The summed E-state index contributed by atoms with van der Waals surface area (Å²) in [4.78, 5) is 0. The molecule has 0 aromatic carbocycles. The maximum absolute atomic E-state index is 8.33. The monoisotopic (exact) mass is 116 g/mol. The molecule has 0 amide bonds. The molecule has 0 atom stereocenters. The fraction of sp³-hybridized carbons (Fsp3) is 0.200. The molecule has 1 heterocycles. The molecule has 0 spiro atoms. The molecule has 0 radical (unpaired) electrons. The number of furan rings is 1. The second kappa shape index (κ2) is 3.23. The summed E-state index contributed by atoms with van der Waals surface area (Å²) in [5, 5.41) is 8.33. The lowest BCUT2D eigenvalue weighted by Crippen LogP contribution is -1.72. The van der Waals surface area contributed by atoms with Crippen molar-refractivity contribution in [3.05, 3.63) is 24.2 Å². The van der Waals surface area contributed by atoms with Crippen molar-refractivity contribution in [3.8, 4) is 0 Å². The Morgan fingerprint density at radius 3 is 2.62 bits per heavy atom. The number of aliphatic hydroxyl groups is 1. The summed E-state index contributed by atoms with van der Waals surface area (Å²) in [6.45, 7) is -0.00694. The van der Waals surface area contributed by atoms with Crippen LogP contribution in [0.25, 0.3) is 0 Å². The zero-order valence-corrected chi connectivity index (χ0v) is 4.29. The second-order valence-corrected chi connectivity index (χ2v) is 1.24. The number of rotatable bonds is 1. The maximum Gasteiger partial charge on any atom is 0.129 e. The van der Waals surface area contributed by atoms with Gasteiger partial charge in [-0.15, -0.1) is 0 Å². The maximum atomic E-state index is 8.33. The molecule has 0 unspecified atom stereocenters. The quantitative estimate of drug-likeness (QED) is 0.559. The third-order valence-electron chi connectivity index (χ3n) is 0.736. The minimum absolute atomic E-state index is 0. The highest BCUT2D eigenvalue weighted by Gasteiger charge is 1.85. The first-order valence-electron chi connectivity index (χ1n) is 2.06. The van der Waals surface area contributed by atoms with Crippen LogP contribution in [-0.4, -0.2) is 10.6 Å². The normalized spacial score (nSPS) is 8.12. The van der Waals surface area contributed by atoms with E-state index in [1.54, 1.807) is 12.1 Å². The Morgan fingerprint density at radius 2 is 2.38 bits per heavy atom. The van der Waals surface area contributed by atoms with E-state index in [1.165, 1.54) is 6.26 Å². The number of hydrogen-bond acceptors (Lipinski definition) is 2. The lowest BCUT2D eigenvalue weighted by atomic mass is 10.5. The van der Waals surface area contributed by atoms with E-state index in [0.29, 0.717) is 5.76 Å².